The van der Waals surface area contributed by atoms with Crippen molar-refractivity contribution in [2.45, 2.75) is 26.4 Å². The molecular weight excluding hydrogens is 256 g/mol. The maximum absolute atomic E-state index is 10.9. The van der Waals surface area contributed by atoms with E-state index in [0.717, 1.165) is 13.0 Å². The molecule has 1 amide bonds. The topological polar surface area (TPSA) is 85.3 Å². The highest BCUT2D eigenvalue weighted by atomic mass is 16.5. The molecule has 0 bridgehead atoms. The number of primary amides is 1. The molecule has 0 spiro atoms. The van der Waals surface area contributed by atoms with E-state index in [2.05, 4.69) is 41.3 Å². The third-order valence-electron chi connectivity index (χ3n) is 2.98. The van der Waals surface area contributed by atoms with Crippen LogP contribution < -0.4 is 5.73 Å². The normalized spacial score (nSPS) is 10.9. The Morgan fingerprint density at radius 1 is 1.25 bits per heavy atom. The van der Waals surface area contributed by atoms with Gasteiger partial charge in [0.05, 0.1) is 6.54 Å². The van der Waals surface area contributed by atoms with Crippen molar-refractivity contribution in [3.05, 3.63) is 47.1 Å². The van der Waals surface area contributed by atoms with Gasteiger partial charge in [0.25, 0.3) is 11.7 Å². The van der Waals surface area contributed by atoms with Crippen LogP contribution in [0.3, 0.4) is 0 Å². The number of hydrogen-bond acceptors (Lipinski definition) is 5. The molecule has 0 aliphatic carbocycles. The highest BCUT2D eigenvalue weighted by Crippen LogP contribution is 2.09. The van der Waals surface area contributed by atoms with E-state index in [9.17, 15) is 4.79 Å². The summed E-state index contributed by atoms with van der Waals surface area (Å²) in [6.45, 7) is 3.36. The van der Waals surface area contributed by atoms with E-state index in [0.29, 0.717) is 12.4 Å². The van der Waals surface area contributed by atoms with Crippen molar-refractivity contribution in [1.82, 2.24) is 15.0 Å². The van der Waals surface area contributed by atoms with Gasteiger partial charge in [-0.2, -0.15) is 4.98 Å². The number of aromatic nitrogens is 2. The Kier molecular flexibility index (Phi) is 4.47. The molecule has 0 unspecified atom stereocenters. The van der Waals surface area contributed by atoms with Crippen LogP contribution in [0.1, 0.15) is 34.6 Å². The quantitative estimate of drug-likeness (QED) is 0.859. The Hall–Kier alpha value is -2.21. The Labute approximate surface area is 117 Å². The van der Waals surface area contributed by atoms with Crippen molar-refractivity contribution in [3.8, 4) is 0 Å². The van der Waals surface area contributed by atoms with E-state index in [-0.39, 0.29) is 5.82 Å². The van der Waals surface area contributed by atoms with Gasteiger partial charge in [0.1, 0.15) is 0 Å². The molecule has 6 heteroatoms. The largest absolute Gasteiger partial charge is 0.363 e. The third kappa shape index (κ3) is 3.64. The molecule has 0 aliphatic heterocycles. The standard InChI is InChI=1S/C14H18N4O2/c1-3-10-4-6-11(7-5-10)8-18(2)9-12-16-14(13(15)19)17-20-12/h4-7H,3,8-9H2,1-2H3,(H2,15,19). The zero-order valence-corrected chi connectivity index (χ0v) is 11.7. The zero-order valence-electron chi connectivity index (χ0n) is 11.7. The lowest BCUT2D eigenvalue weighted by Crippen LogP contribution is -2.18. The lowest BCUT2D eigenvalue weighted by molar-refractivity contribution is 0.0987. The van der Waals surface area contributed by atoms with E-state index in [4.69, 9.17) is 10.3 Å². The van der Waals surface area contributed by atoms with Crippen LogP contribution in [0.2, 0.25) is 0 Å². The molecule has 0 atom stereocenters. The minimum Gasteiger partial charge on any atom is -0.363 e. The molecule has 2 aromatic rings. The average Bonchev–Trinajstić information content (AvgIpc) is 2.88. The molecular formula is C14H18N4O2. The smallest absolute Gasteiger partial charge is 0.290 e. The zero-order chi connectivity index (χ0) is 14.5. The summed E-state index contributed by atoms with van der Waals surface area (Å²) in [5, 5.41) is 3.51. The van der Waals surface area contributed by atoms with Crippen molar-refractivity contribution in [2.24, 2.45) is 5.73 Å². The molecule has 106 valence electrons. The molecule has 0 saturated heterocycles. The highest BCUT2D eigenvalue weighted by molar-refractivity contribution is 5.88. The Bertz CT molecular complexity index is 577. The first-order valence-corrected chi connectivity index (χ1v) is 6.47. The monoisotopic (exact) mass is 274 g/mol. The summed E-state index contributed by atoms with van der Waals surface area (Å²) in [5.74, 6) is -0.384. The van der Waals surface area contributed by atoms with Crippen molar-refractivity contribution in [2.75, 3.05) is 7.05 Å². The number of aryl methyl sites for hydroxylation is 1. The maximum Gasteiger partial charge on any atom is 0.290 e. The van der Waals surface area contributed by atoms with Gasteiger partial charge in [0, 0.05) is 6.54 Å². The second kappa shape index (κ2) is 6.29. The first kappa shape index (κ1) is 14.2. The van der Waals surface area contributed by atoms with Crippen LogP contribution in [0.25, 0.3) is 0 Å². The lowest BCUT2D eigenvalue weighted by atomic mass is 10.1. The molecule has 2 N–H and O–H groups in total. The number of nitrogens with two attached hydrogens (primary N) is 1. The average molecular weight is 274 g/mol. The Morgan fingerprint density at radius 2 is 1.90 bits per heavy atom. The van der Waals surface area contributed by atoms with Gasteiger partial charge in [-0.05, 0) is 24.6 Å². The van der Waals surface area contributed by atoms with Crippen molar-refractivity contribution in [1.29, 1.82) is 0 Å². The van der Waals surface area contributed by atoms with Crippen LogP contribution in [0, 0.1) is 0 Å². The Balaban J connectivity index is 1.93. The van der Waals surface area contributed by atoms with Crippen molar-refractivity contribution >= 4 is 5.91 Å². The number of carbonyl (C=O) groups is 1. The number of hydrogen-bond donors (Lipinski definition) is 1. The molecule has 0 fully saturated rings. The summed E-state index contributed by atoms with van der Waals surface area (Å²) in [6, 6.07) is 8.47. The van der Waals surface area contributed by atoms with Crippen LogP contribution in [0.5, 0.6) is 0 Å². The summed E-state index contributed by atoms with van der Waals surface area (Å²) in [6.07, 6.45) is 1.04. The fraction of sp³-hybridized carbons (Fsp3) is 0.357. The number of benzene rings is 1. The van der Waals surface area contributed by atoms with Gasteiger partial charge in [-0.3, -0.25) is 9.69 Å². The molecule has 6 nitrogen and oxygen atoms in total. The highest BCUT2D eigenvalue weighted by Gasteiger charge is 2.12. The van der Waals surface area contributed by atoms with Gasteiger partial charge in [-0.15, -0.1) is 0 Å². The summed E-state index contributed by atoms with van der Waals surface area (Å²) in [7, 11) is 1.95. The van der Waals surface area contributed by atoms with Crippen molar-refractivity contribution < 1.29 is 9.32 Å². The van der Waals surface area contributed by atoms with Gasteiger partial charge in [0.15, 0.2) is 0 Å². The SMILES string of the molecule is CCc1ccc(CN(C)Cc2nc(C(N)=O)no2)cc1. The third-order valence-corrected chi connectivity index (χ3v) is 2.98. The molecule has 1 aromatic heterocycles. The molecule has 0 radical (unpaired) electrons. The fourth-order valence-electron chi connectivity index (χ4n) is 1.90. The van der Waals surface area contributed by atoms with E-state index in [1.165, 1.54) is 11.1 Å². The predicted molar refractivity (Wildman–Crippen MR) is 73.8 cm³/mol. The number of nitrogens with zero attached hydrogens (tertiary/aromatic N) is 3. The van der Waals surface area contributed by atoms with E-state index in [1.54, 1.807) is 0 Å². The van der Waals surface area contributed by atoms with E-state index in [1.807, 2.05) is 11.9 Å². The maximum atomic E-state index is 10.9. The molecule has 0 saturated carbocycles. The summed E-state index contributed by atoms with van der Waals surface area (Å²) < 4.78 is 4.97. The summed E-state index contributed by atoms with van der Waals surface area (Å²) in [4.78, 5) is 16.8. The fourth-order valence-corrected chi connectivity index (χ4v) is 1.90. The second-order valence-corrected chi connectivity index (χ2v) is 4.72. The van der Waals surface area contributed by atoms with Crippen LogP contribution in [0.15, 0.2) is 28.8 Å². The number of carbonyl (C=O) groups excluding carboxylic acids is 1. The minimum atomic E-state index is -0.683. The first-order valence-electron chi connectivity index (χ1n) is 6.47. The van der Waals surface area contributed by atoms with Crippen LogP contribution >= 0.6 is 0 Å². The van der Waals surface area contributed by atoms with E-state index < -0.39 is 5.91 Å². The second-order valence-electron chi connectivity index (χ2n) is 4.72. The molecule has 1 aromatic carbocycles. The van der Waals surface area contributed by atoms with Gasteiger partial charge in [-0.1, -0.05) is 36.3 Å². The van der Waals surface area contributed by atoms with Gasteiger partial charge in [-0.25, -0.2) is 0 Å². The van der Waals surface area contributed by atoms with Crippen molar-refractivity contribution in [3.63, 3.8) is 0 Å². The summed E-state index contributed by atoms with van der Waals surface area (Å²) >= 11 is 0. The van der Waals surface area contributed by atoms with Gasteiger partial charge < -0.3 is 10.3 Å². The lowest BCUT2D eigenvalue weighted by Gasteiger charge is -2.14. The first-order chi connectivity index (χ1) is 9.58. The van der Waals surface area contributed by atoms with Gasteiger partial charge in [0.2, 0.25) is 5.89 Å². The van der Waals surface area contributed by atoms with Crippen LogP contribution in [-0.2, 0) is 19.5 Å². The van der Waals surface area contributed by atoms with Crippen LogP contribution in [0.4, 0.5) is 0 Å². The molecule has 0 aliphatic rings. The molecule has 2 rings (SSSR count). The molecule has 1 heterocycles. The van der Waals surface area contributed by atoms with Crippen LogP contribution in [-0.4, -0.2) is 28.0 Å². The Morgan fingerprint density at radius 3 is 2.45 bits per heavy atom. The predicted octanol–water partition coefficient (Wildman–Crippen LogP) is 1.36. The number of amides is 1. The van der Waals surface area contributed by atoms with E-state index >= 15 is 0 Å². The summed E-state index contributed by atoms with van der Waals surface area (Å²) in [5.41, 5.74) is 7.60. The minimum absolute atomic E-state index is 0.0827. The van der Waals surface area contributed by atoms with Gasteiger partial charge >= 0.3 is 0 Å². The molecule has 20 heavy (non-hydrogen) atoms. The number of rotatable bonds is 6.